The van der Waals surface area contributed by atoms with Crippen LogP contribution in [-0.4, -0.2) is 28.9 Å². The topological polar surface area (TPSA) is 15.6 Å². The van der Waals surface area contributed by atoms with Crippen molar-refractivity contribution in [2.45, 2.75) is 79.9 Å². The number of hydrogen-bond donors (Lipinski definition) is 0. The first-order valence-electron chi connectivity index (χ1n) is 7.67. The van der Waals surface area contributed by atoms with Crippen LogP contribution in [0.25, 0.3) is 0 Å². The van der Waals surface area contributed by atoms with Gasteiger partial charge in [-0.25, -0.2) is 0 Å². The Balaban J connectivity index is 3.12. The Morgan fingerprint density at radius 1 is 1.00 bits per heavy atom. The highest BCUT2D eigenvalue weighted by Crippen LogP contribution is 2.33. The van der Waals surface area contributed by atoms with Gasteiger partial charge in [0.25, 0.3) is 0 Å². The van der Waals surface area contributed by atoms with Crippen molar-refractivity contribution in [1.29, 1.82) is 0 Å². The first-order chi connectivity index (χ1) is 8.31. The molecule has 0 aliphatic carbocycles. The van der Waals surface area contributed by atoms with Crippen LogP contribution < -0.4 is 0 Å². The lowest BCUT2D eigenvalue weighted by Gasteiger charge is -2.39. The maximum atomic E-state index is 5.08. The van der Waals surface area contributed by atoms with Gasteiger partial charge in [0.15, 0.2) is 0 Å². The minimum atomic E-state index is 0.469. The van der Waals surface area contributed by atoms with Crippen LogP contribution in [0.15, 0.2) is 4.99 Å². The first-order valence-corrected chi connectivity index (χ1v) is 7.67. The number of aliphatic imine (C=N–C) groups is 1. The van der Waals surface area contributed by atoms with Gasteiger partial charge in [0, 0.05) is 12.0 Å². The fourth-order valence-electron chi connectivity index (χ4n) is 3.04. The molecular weight excluding hydrogens is 220 g/mol. The van der Waals surface area contributed by atoms with Gasteiger partial charge in [-0.15, -0.1) is 0 Å². The maximum Gasteiger partial charge on any atom is 0.102 e. The molecule has 1 heterocycles. The average Bonchev–Trinajstić information content (AvgIpc) is 2.68. The van der Waals surface area contributed by atoms with E-state index in [-0.39, 0.29) is 0 Å². The molecule has 2 heteroatoms. The summed E-state index contributed by atoms with van der Waals surface area (Å²) in [5.74, 6) is 3.15. The highest BCUT2D eigenvalue weighted by atomic mass is 15.3. The van der Waals surface area contributed by atoms with E-state index in [1.165, 1.54) is 12.3 Å². The molecule has 0 amide bonds. The molecule has 1 aliphatic heterocycles. The summed E-state index contributed by atoms with van der Waals surface area (Å²) in [5.41, 5.74) is 0. The number of nitrogens with zero attached hydrogens (tertiary/aromatic N) is 2. The summed E-state index contributed by atoms with van der Waals surface area (Å²) in [5, 5.41) is 0. The summed E-state index contributed by atoms with van der Waals surface area (Å²) in [6.45, 7) is 18.5. The Hall–Kier alpha value is -0.530. The number of hydrogen-bond acceptors (Lipinski definition) is 2. The summed E-state index contributed by atoms with van der Waals surface area (Å²) in [4.78, 5) is 7.71. The van der Waals surface area contributed by atoms with Gasteiger partial charge < -0.3 is 4.90 Å². The van der Waals surface area contributed by atoms with Crippen LogP contribution in [0.3, 0.4) is 0 Å². The van der Waals surface area contributed by atoms with Crippen molar-refractivity contribution in [3.63, 3.8) is 0 Å². The van der Waals surface area contributed by atoms with Crippen LogP contribution in [0.4, 0.5) is 0 Å². The molecule has 3 atom stereocenters. The molecule has 0 saturated carbocycles. The van der Waals surface area contributed by atoms with Crippen molar-refractivity contribution < 1.29 is 0 Å². The highest BCUT2D eigenvalue weighted by molar-refractivity contribution is 5.86. The van der Waals surface area contributed by atoms with Crippen LogP contribution in [-0.2, 0) is 0 Å². The van der Waals surface area contributed by atoms with Gasteiger partial charge in [-0.1, -0.05) is 48.5 Å². The van der Waals surface area contributed by atoms with E-state index in [0.717, 1.165) is 0 Å². The van der Waals surface area contributed by atoms with E-state index < -0.39 is 0 Å². The fourth-order valence-corrected chi connectivity index (χ4v) is 3.04. The van der Waals surface area contributed by atoms with E-state index in [1.54, 1.807) is 0 Å². The second kappa shape index (κ2) is 6.08. The smallest absolute Gasteiger partial charge is 0.102 e. The Labute approximate surface area is 114 Å². The minimum absolute atomic E-state index is 0.469. The molecule has 1 rings (SSSR count). The molecule has 0 aromatic carbocycles. The van der Waals surface area contributed by atoms with E-state index in [9.17, 15) is 0 Å². The molecule has 0 spiro atoms. The van der Waals surface area contributed by atoms with Crippen LogP contribution in [0.1, 0.15) is 61.8 Å². The predicted molar refractivity (Wildman–Crippen MR) is 81.1 cm³/mol. The Morgan fingerprint density at radius 2 is 1.56 bits per heavy atom. The van der Waals surface area contributed by atoms with Gasteiger partial charge in [-0.05, 0) is 25.2 Å². The standard InChI is InChI=1S/C16H32N2/c1-9-13(8)18-15(11(4)5)14(10(2)3)17-16(18)12(6)7/h10-15H,9H2,1-8H3. The van der Waals surface area contributed by atoms with Crippen molar-refractivity contribution in [3.8, 4) is 0 Å². The molecule has 2 nitrogen and oxygen atoms in total. The van der Waals surface area contributed by atoms with E-state index in [2.05, 4.69) is 60.3 Å². The third-order valence-electron chi connectivity index (χ3n) is 4.17. The van der Waals surface area contributed by atoms with Crippen molar-refractivity contribution in [2.75, 3.05) is 0 Å². The van der Waals surface area contributed by atoms with Gasteiger partial charge in [-0.3, -0.25) is 4.99 Å². The monoisotopic (exact) mass is 252 g/mol. The normalized spacial score (nSPS) is 26.4. The summed E-state index contributed by atoms with van der Waals surface area (Å²) < 4.78 is 0. The van der Waals surface area contributed by atoms with Crippen LogP contribution >= 0.6 is 0 Å². The molecule has 0 bridgehead atoms. The maximum absolute atomic E-state index is 5.08. The van der Waals surface area contributed by atoms with Crippen molar-refractivity contribution >= 4 is 5.84 Å². The first kappa shape index (κ1) is 15.5. The van der Waals surface area contributed by atoms with Crippen molar-refractivity contribution in [1.82, 2.24) is 4.90 Å². The van der Waals surface area contributed by atoms with Crippen LogP contribution in [0.5, 0.6) is 0 Å². The van der Waals surface area contributed by atoms with E-state index in [0.29, 0.717) is 35.9 Å². The largest absolute Gasteiger partial charge is 0.352 e. The van der Waals surface area contributed by atoms with E-state index >= 15 is 0 Å². The average molecular weight is 252 g/mol. The van der Waals surface area contributed by atoms with Gasteiger partial charge in [0.1, 0.15) is 5.84 Å². The Morgan fingerprint density at radius 3 is 1.89 bits per heavy atom. The lowest BCUT2D eigenvalue weighted by molar-refractivity contribution is 0.171. The second-order valence-corrected chi connectivity index (χ2v) is 6.78. The van der Waals surface area contributed by atoms with Crippen LogP contribution in [0, 0.1) is 17.8 Å². The molecule has 0 radical (unpaired) electrons. The molecule has 0 aromatic heterocycles. The third kappa shape index (κ3) is 2.89. The van der Waals surface area contributed by atoms with Crippen LogP contribution in [0.2, 0.25) is 0 Å². The molecule has 0 fully saturated rings. The molecular formula is C16H32N2. The molecule has 0 aromatic rings. The lowest BCUT2D eigenvalue weighted by atomic mass is 9.88. The summed E-state index contributed by atoms with van der Waals surface area (Å²) in [6.07, 6.45) is 1.19. The molecule has 106 valence electrons. The van der Waals surface area contributed by atoms with Crippen molar-refractivity contribution in [2.24, 2.45) is 22.7 Å². The van der Waals surface area contributed by atoms with Gasteiger partial charge in [-0.2, -0.15) is 0 Å². The quantitative estimate of drug-likeness (QED) is 0.716. The number of amidine groups is 1. The van der Waals surface area contributed by atoms with E-state index in [4.69, 9.17) is 4.99 Å². The minimum Gasteiger partial charge on any atom is -0.352 e. The van der Waals surface area contributed by atoms with Gasteiger partial charge in [0.05, 0.1) is 12.1 Å². The molecule has 1 aliphatic rings. The van der Waals surface area contributed by atoms with Crippen molar-refractivity contribution in [3.05, 3.63) is 0 Å². The zero-order valence-electron chi connectivity index (χ0n) is 13.6. The zero-order chi connectivity index (χ0) is 14.0. The lowest BCUT2D eigenvalue weighted by Crippen LogP contribution is -2.49. The molecule has 0 N–H and O–H groups in total. The molecule has 18 heavy (non-hydrogen) atoms. The SMILES string of the molecule is CCC(C)N1C(C(C)C)=NC(C(C)C)C1C(C)C. The third-order valence-corrected chi connectivity index (χ3v) is 4.17. The summed E-state index contributed by atoms with van der Waals surface area (Å²) in [6, 6.07) is 1.65. The summed E-state index contributed by atoms with van der Waals surface area (Å²) in [7, 11) is 0. The Bertz CT molecular complexity index is 291. The predicted octanol–water partition coefficient (Wildman–Crippen LogP) is 4.20. The molecule has 3 unspecified atom stereocenters. The van der Waals surface area contributed by atoms with Gasteiger partial charge in [0.2, 0.25) is 0 Å². The zero-order valence-corrected chi connectivity index (χ0v) is 13.6. The van der Waals surface area contributed by atoms with E-state index in [1.807, 2.05) is 0 Å². The number of rotatable bonds is 5. The van der Waals surface area contributed by atoms with Gasteiger partial charge >= 0.3 is 0 Å². The molecule has 0 saturated heterocycles. The summed E-state index contributed by atoms with van der Waals surface area (Å²) >= 11 is 0. The highest BCUT2D eigenvalue weighted by Gasteiger charge is 2.41. The Kier molecular flexibility index (Phi) is 5.24. The fraction of sp³-hybridized carbons (Fsp3) is 0.938. The second-order valence-electron chi connectivity index (χ2n) is 6.78.